The summed E-state index contributed by atoms with van der Waals surface area (Å²) >= 11 is 0. The van der Waals surface area contributed by atoms with E-state index < -0.39 is 0 Å². The molecule has 0 amide bonds. The molecule has 1 aromatic carbocycles. The maximum atomic E-state index is 12.8. The van der Waals surface area contributed by atoms with Gasteiger partial charge in [0.15, 0.2) is 0 Å². The molecule has 2 N–H and O–H groups in total. The summed E-state index contributed by atoms with van der Waals surface area (Å²) in [5.74, 6) is 0.564. The fraction of sp³-hybridized carbons (Fsp3) is 0.438. The summed E-state index contributed by atoms with van der Waals surface area (Å²) in [6.45, 7) is 6.36. The molecule has 2 rings (SSSR count). The van der Waals surface area contributed by atoms with E-state index in [1.165, 1.54) is 0 Å². The molecule has 0 aliphatic carbocycles. The van der Waals surface area contributed by atoms with Crippen LogP contribution in [0.15, 0.2) is 35.1 Å². The Labute approximate surface area is 114 Å². The van der Waals surface area contributed by atoms with Crippen LogP contribution in [0.2, 0.25) is 0 Å². The first-order valence-electron chi connectivity index (χ1n) is 7.00. The van der Waals surface area contributed by atoms with E-state index in [9.17, 15) is 4.79 Å². The van der Waals surface area contributed by atoms with Crippen molar-refractivity contribution in [3.8, 4) is 0 Å². The maximum absolute atomic E-state index is 12.8. The van der Waals surface area contributed by atoms with Gasteiger partial charge >= 0.3 is 0 Å². The van der Waals surface area contributed by atoms with E-state index >= 15 is 0 Å². The summed E-state index contributed by atoms with van der Waals surface area (Å²) in [5.41, 5.74) is 6.02. The Kier molecular flexibility index (Phi) is 3.65. The van der Waals surface area contributed by atoms with Gasteiger partial charge in [-0.3, -0.25) is 9.36 Å². The minimum atomic E-state index is -0.175. The quantitative estimate of drug-likeness (QED) is 0.912. The summed E-state index contributed by atoms with van der Waals surface area (Å²) in [7, 11) is 0. The van der Waals surface area contributed by atoms with Gasteiger partial charge in [-0.2, -0.15) is 0 Å². The number of benzene rings is 1. The average molecular weight is 258 g/mol. The second-order valence-electron chi connectivity index (χ2n) is 5.08. The molecular weight excluding hydrogens is 236 g/mol. The highest BCUT2D eigenvalue weighted by Gasteiger charge is 2.29. The van der Waals surface area contributed by atoms with Crippen molar-refractivity contribution >= 4 is 16.6 Å². The molecule has 19 heavy (non-hydrogen) atoms. The number of nitrogens with two attached hydrogens (primary N) is 1. The molecule has 0 aliphatic heterocycles. The molecule has 0 radical (unpaired) electrons. The molecule has 102 valence electrons. The molecule has 0 aliphatic rings. The van der Waals surface area contributed by atoms with Crippen molar-refractivity contribution in [2.45, 2.75) is 45.6 Å². The molecule has 0 bridgehead atoms. The number of nitrogens with zero attached hydrogens (tertiary/aromatic N) is 1. The highest BCUT2D eigenvalue weighted by molar-refractivity contribution is 5.83. The topological polar surface area (TPSA) is 48.0 Å². The minimum Gasteiger partial charge on any atom is -0.385 e. The minimum absolute atomic E-state index is 0.0288. The van der Waals surface area contributed by atoms with Gasteiger partial charge in [0, 0.05) is 10.9 Å². The molecular formula is C16H22N2O. The first-order valence-corrected chi connectivity index (χ1v) is 7.00. The van der Waals surface area contributed by atoms with Crippen molar-refractivity contribution in [1.29, 1.82) is 0 Å². The van der Waals surface area contributed by atoms with Crippen molar-refractivity contribution in [3.63, 3.8) is 0 Å². The van der Waals surface area contributed by atoms with Gasteiger partial charge in [-0.25, -0.2) is 0 Å². The molecule has 0 fully saturated rings. The number of fused-ring (bicyclic) bond motifs is 1. The van der Waals surface area contributed by atoms with Gasteiger partial charge in [0.2, 0.25) is 0 Å². The van der Waals surface area contributed by atoms with E-state index in [1.54, 1.807) is 4.57 Å². The summed E-state index contributed by atoms with van der Waals surface area (Å²) in [4.78, 5) is 12.8. The highest BCUT2D eigenvalue weighted by Crippen LogP contribution is 2.31. The molecule has 2 aromatic rings. The Bertz CT molecular complexity index is 630. The van der Waals surface area contributed by atoms with Gasteiger partial charge in [0.05, 0.1) is 0 Å². The number of rotatable bonds is 4. The second kappa shape index (κ2) is 5.08. The van der Waals surface area contributed by atoms with Gasteiger partial charge < -0.3 is 5.73 Å². The molecule has 0 saturated carbocycles. The first-order chi connectivity index (χ1) is 9.09. The summed E-state index contributed by atoms with van der Waals surface area (Å²) < 4.78 is 1.80. The lowest BCUT2D eigenvalue weighted by Crippen LogP contribution is -2.41. The molecule has 3 nitrogen and oxygen atoms in total. The van der Waals surface area contributed by atoms with Crippen molar-refractivity contribution in [2.24, 2.45) is 0 Å². The molecule has 0 saturated heterocycles. The van der Waals surface area contributed by atoms with E-state index in [-0.39, 0.29) is 11.1 Å². The van der Waals surface area contributed by atoms with Crippen LogP contribution in [0.1, 0.15) is 40.0 Å². The SMILES string of the molecule is CCC(CC)(CC)n1c(N)cc2ccccc2c1=O. The lowest BCUT2D eigenvalue weighted by atomic mass is 9.88. The zero-order valence-corrected chi connectivity index (χ0v) is 11.9. The van der Waals surface area contributed by atoms with Crippen molar-refractivity contribution in [2.75, 3.05) is 5.73 Å². The van der Waals surface area contributed by atoms with Gasteiger partial charge in [0.1, 0.15) is 5.82 Å². The lowest BCUT2D eigenvalue weighted by Gasteiger charge is -2.34. The standard InChI is InChI=1S/C16H22N2O/c1-4-16(5-2,6-3)18-14(17)11-12-9-7-8-10-13(12)15(18)19/h7-11H,4-6,17H2,1-3H3. The van der Waals surface area contributed by atoms with E-state index in [2.05, 4.69) is 20.8 Å². The predicted octanol–water partition coefficient (Wildman–Crippen LogP) is 3.51. The zero-order valence-electron chi connectivity index (χ0n) is 11.9. The maximum Gasteiger partial charge on any atom is 0.260 e. The van der Waals surface area contributed by atoms with Crippen molar-refractivity contribution in [3.05, 3.63) is 40.7 Å². The number of anilines is 1. The van der Waals surface area contributed by atoms with Crippen LogP contribution in [0.25, 0.3) is 10.8 Å². The van der Waals surface area contributed by atoms with Gasteiger partial charge in [0.25, 0.3) is 5.56 Å². The molecule has 0 atom stereocenters. The van der Waals surface area contributed by atoms with Crippen LogP contribution in [0.5, 0.6) is 0 Å². The number of nitrogen functional groups attached to an aromatic ring is 1. The van der Waals surface area contributed by atoms with Gasteiger partial charge in [-0.05, 0) is 36.8 Å². The third-order valence-electron chi connectivity index (χ3n) is 4.40. The molecule has 1 aromatic heterocycles. The fourth-order valence-corrected chi connectivity index (χ4v) is 2.99. The Morgan fingerprint density at radius 3 is 2.26 bits per heavy atom. The van der Waals surface area contributed by atoms with Crippen LogP contribution < -0.4 is 11.3 Å². The second-order valence-corrected chi connectivity index (χ2v) is 5.08. The van der Waals surface area contributed by atoms with Crippen LogP contribution in [0.3, 0.4) is 0 Å². The summed E-state index contributed by atoms with van der Waals surface area (Å²) in [6, 6.07) is 9.54. The third-order valence-corrected chi connectivity index (χ3v) is 4.40. The Balaban J connectivity index is 2.84. The Morgan fingerprint density at radius 1 is 1.11 bits per heavy atom. The molecule has 3 heteroatoms. The van der Waals surface area contributed by atoms with Gasteiger partial charge in [-0.1, -0.05) is 39.0 Å². The van der Waals surface area contributed by atoms with E-state index in [4.69, 9.17) is 5.73 Å². The number of hydrogen-bond donors (Lipinski definition) is 1. The van der Waals surface area contributed by atoms with Crippen LogP contribution in [0.4, 0.5) is 5.82 Å². The van der Waals surface area contributed by atoms with Crippen molar-refractivity contribution in [1.82, 2.24) is 4.57 Å². The van der Waals surface area contributed by atoms with E-state index in [0.717, 1.165) is 30.0 Å². The predicted molar refractivity (Wildman–Crippen MR) is 81.5 cm³/mol. The van der Waals surface area contributed by atoms with Crippen LogP contribution in [0, 0.1) is 0 Å². The van der Waals surface area contributed by atoms with Crippen LogP contribution in [-0.2, 0) is 5.54 Å². The first kappa shape index (κ1) is 13.7. The van der Waals surface area contributed by atoms with E-state index in [0.29, 0.717) is 5.82 Å². The summed E-state index contributed by atoms with van der Waals surface area (Å²) in [5, 5.41) is 1.66. The average Bonchev–Trinajstić information content (AvgIpc) is 2.44. The number of hydrogen-bond acceptors (Lipinski definition) is 2. The fourth-order valence-electron chi connectivity index (χ4n) is 2.99. The normalized spacial score (nSPS) is 11.9. The molecule has 1 heterocycles. The molecule has 0 spiro atoms. The smallest absolute Gasteiger partial charge is 0.260 e. The number of pyridine rings is 1. The Hall–Kier alpha value is -1.77. The van der Waals surface area contributed by atoms with E-state index in [1.807, 2.05) is 30.3 Å². The lowest BCUT2D eigenvalue weighted by molar-refractivity contribution is 0.248. The Morgan fingerprint density at radius 2 is 1.68 bits per heavy atom. The largest absolute Gasteiger partial charge is 0.385 e. The van der Waals surface area contributed by atoms with Gasteiger partial charge in [-0.15, -0.1) is 0 Å². The zero-order chi connectivity index (χ0) is 14.0. The molecule has 0 unspecified atom stereocenters. The van der Waals surface area contributed by atoms with Crippen molar-refractivity contribution < 1.29 is 0 Å². The highest BCUT2D eigenvalue weighted by atomic mass is 16.1. The van der Waals surface area contributed by atoms with Crippen LogP contribution >= 0.6 is 0 Å². The monoisotopic (exact) mass is 258 g/mol. The summed E-state index contributed by atoms with van der Waals surface area (Å²) in [6.07, 6.45) is 2.72. The van der Waals surface area contributed by atoms with Crippen LogP contribution in [-0.4, -0.2) is 4.57 Å². The third kappa shape index (κ3) is 2.03. The number of aromatic nitrogens is 1.